The zero-order valence-corrected chi connectivity index (χ0v) is 23.1. The van der Waals surface area contributed by atoms with Crippen molar-refractivity contribution in [3.8, 4) is 27.3 Å². The second kappa shape index (κ2) is 13.2. The molecule has 4 aromatic rings. The number of aromatic amines is 1. The number of H-pyrrole nitrogens is 1. The van der Waals surface area contributed by atoms with Gasteiger partial charge in [-0.3, -0.25) is 9.59 Å². The molecule has 37 heavy (non-hydrogen) atoms. The molecule has 0 fully saturated rings. The number of unbranched alkanes of at least 4 members (excludes halogenated alkanes) is 3. The number of carbonyl (C=O) groups is 1. The van der Waals surface area contributed by atoms with E-state index in [9.17, 15) is 9.59 Å². The molecule has 7 heteroatoms. The molecule has 0 unspecified atom stereocenters. The summed E-state index contributed by atoms with van der Waals surface area (Å²) in [7, 11) is 1.64. The summed E-state index contributed by atoms with van der Waals surface area (Å²) < 4.78 is 10.4. The van der Waals surface area contributed by atoms with Crippen LogP contribution < -0.4 is 10.3 Å². The fraction of sp³-hybridized carbons (Fsp3) is 0.367. The van der Waals surface area contributed by atoms with Crippen LogP contribution in [0.1, 0.15) is 59.8 Å². The van der Waals surface area contributed by atoms with E-state index in [-0.39, 0.29) is 17.1 Å². The number of fused-ring (bicyclic) bond motifs is 1. The Hall–Kier alpha value is -3.45. The van der Waals surface area contributed by atoms with Gasteiger partial charge in [-0.25, -0.2) is 4.98 Å². The third kappa shape index (κ3) is 8.02. The second-order valence-electron chi connectivity index (χ2n) is 9.71. The van der Waals surface area contributed by atoms with E-state index >= 15 is 0 Å². The van der Waals surface area contributed by atoms with Gasteiger partial charge in [0.25, 0.3) is 5.56 Å². The molecule has 0 amide bonds. The largest absolute Gasteiger partial charge is 0.497 e. The molecule has 0 saturated heterocycles. The highest BCUT2D eigenvalue weighted by atomic mass is 32.1. The van der Waals surface area contributed by atoms with E-state index in [1.54, 1.807) is 7.11 Å². The Morgan fingerprint density at radius 2 is 1.68 bits per heavy atom. The number of hydrogen-bond donors (Lipinski definition) is 1. The van der Waals surface area contributed by atoms with E-state index in [0.717, 1.165) is 45.0 Å². The molecule has 0 saturated carbocycles. The lowest BCUT2D eigenvalue weighted by Crippen LogP contribution is -2.23. The fourth-order valence-electron chi connectivity index (χ4n) is 3.86. The van der Waals surface area contributed by atoms with Crippen LogP contribution in [0.25, 0.3) is 31.8 Å². The molecule has 4 rings (SSSR count). The number of benzene rings is 2. The van der Waals surface area contributed by atoms with Crippen molar-refractivity contribution in [3.05, 3.63) is 71.3 Å². The highest BCUT2D eigenvalue weighted by Crippen LogP contribution is 2.42. The summed E-state index contributed by atoms with van der Waals surface area (Å²) in [4.78, 5) is 32.4. The number of nitrogens with one attached hydrogen (secondary N) is 1. The minimum Gasteiger partial charge on any atom is -0.497 e. The highest BCUT2D eigenvalue weighted by molar-refractivity contribution is 7.22. The van der Waals surface area contributed by atoms with Gasteiger partial charge in [-0.05, 0) is 50.5 Å². The molecule has 196 valence electrons. The minimum atomic E-state index is -0.332. The van der Waals surface area contributed by atoms with Crippen LogP contribution in [0.3, 0.4) is 0 Å². The molecule has 2 heterocycles. The van der Waals surface area contributed by atoms with Gasteiger partial charge in [-0.15, -0.1) is 11.3 Å². The third-order valence-corrected chi connectivity index (χ3v) is 6.71. The Morgan fingerprint density at radius 1 is 0.973 bits per heavy atom. The van der Waals surface area contributed by atoms with Gasteiger partial charge in [0.15, 0.2) is 0 Å². The summed E-state index contributed by atoms with van der Waals surface area (Å²) in [6.07, 6.45) is 6.53. The standard InChI is InChI=1S/C19H14N2O2S.C11H22O2/c1-23-14-9-7-12(8-10-14)15-16-18(22)20-11-21-19(16)24-17(15)13-5-3-2-4-6-13;1-5-6-7-8-9-10(12)13-11(2,3)4/h2-11H,1H3,(H,20,21,22);5-9H2,1-4H3. The first kappa shape index (κ1) is 28.1. The summed E-state index contributed by atoms with van der Waals surface area (Å²) in [5.74, 6) is 0.718. The molecular weight excluding hydrogens is 484 g/mol. The predicted octanol–water partition coefficient (Wildman–Crippen LogP) is 7.63. The molecule has 1 N–H and O–H groups in total. The van der Waals surface area contributed by atoms with Crippen LogP contribution in [0.4, 0.5) is 0 Å². The Kier molecular flexibility index (Phi) is 10.0. The van der Waals surface area contributed by atoms with Crippen molar-refractivity contribution in [1.29, 1.82) is 0 Å². The number of thiophene rings is 1. The minimum absolute atomic E-state index is 0.0661. The zero-order valence-electron chi connectivity index (χ0n) is 22.3. The van der Waals surface area contributed by atoms with Gasteiger partial charge in [0, 0.05) is 16.9 Å². The maximum atomic E-state index is 12.4. The van der Waals surface area contributed by atoms with Crippen LogP contribution in [0.5, 0.6) is 5.75 Å². The quantitative estimate of drug-likeness (QED) is 0.191. The summed E-state index contributed by atoms with van der Waals surface area (Å²) in [5, 5.41) is 0.631. The molecule has 0 aliphatic rings. The molecule has 2 aromatic carbocycles. The molecular formula is C30H36N2O4S. The lowest BCUT2D eigenvalue weighted by atomic mass is 10.00. The van der Waals surface area contributed by atoms with Gasteiger partial charge in [0.2, 0.25) is 0 Å². The van der Waals surface area contributed by atoms with Gasteiger partial charge >= 0.3 is 5.97 Å². The van der Waals surface area contributed by atoms with Crippen LogP contribution in [-0.2, 0) is 9.53 Å². The zero-order chi connectivity index (χ0) is 26.8. The van der Waals surface area contributed by atoms with Crippen molar-refractivity contribution in [2.75, 3.05) is 7.11 Å². The van der Waals surface area contributed by atoms with Crippen molar-refractivity contribution in [2.24, 2.45) is 0 Å². The summed E-state index contributed by atoms with van der Waals surface area (Å²) in [6, 6.07) is 17.8. The van der Waals surface area contributed by atoms with Crippen LogP contribution in [0, 0.1) is 0 Å². The van der Waals surface area contributed by atoms with Crippen LogP contribution >= 0.6 is 11.3 Å². The first-order chi connectivity index (χ1) is 17.7. The van der Waals surface area contributed by atoms with Crippen molar-refractivity contribution in [1.82, 2.24) is 9.97 Å². The normalized spacial score (nSPS) is 11.1. The van der Waals surface area contributed by atoms with E-state index in [0.29, 0.717) is 11.8 Å². The lowest BCUT2D eigenvalue weighted by molar-refractivity contribution is -0.154. The smallest absolute Gasteiger partial charge is 0.306 e. The van der Waals surface area contributed by atoms with E-state index in [1.807, 2.05) is 75.4 Å². The van der Waals surface area contributed by atoms with E-state index in [4.69, 9.17) is 9.47 Å². The molecule has 6 nitrogen and oxygen atoms in total. The Balaban J connectivity index is 0.000000251. The number of aromatic nitrogens is 2. The van der Waals surface area contributed by atoms with E-state index in [2.05, 4.69) is 16.9 Å². The van der Waals surface area contributed by atoms with Gasteiger partial charge in [0.05, 0.1) is 18.8 Å². The SMILES string of the molecule is CCCCCCC(=O)OC(C)(C)C.COc1ccc(-c2c(-c3ccccc3)sc3nc[nH]c(=O)c23)cc1. The Bertz CT molecular complexity index is 1340. The molecule has 0 radical (unpaired) electrons. The van der Waals surface area contributed by atoms with Crippen molar-refractivity contribution in [2.45, 2.75) is 65.4 Å². The van der Waals surface area contributed by atoms with E-state index < -0.39 is 0 Å². The van der Waals surface area contributed by atoms with E-state index in [1.165, 1.54) is 30.5 Å². The first-order valence-corrected chi connectivity index (χ1v) is 13.5. The van der Waals surface area contributed by atoms with Crippen molar-refractivity contribution in [3.63, 3.8) is 0 Å². The maximum absolute atomic E-state index is 12.4. The maximum Gasteiger partial charge on any atom is 0.306 e. The fourth-order valence-corrected chi connectivity index (χ4v) is 5.03. The second-order valence-corrected chi connectivity index (χ2v) is 10.7. The first-order valence-electron chi connectivity index (χ1n) is 12.7. The predicted molar refractivity (Wildman–Crippen MR) is 152 cm³/mol. The third-order valence-electron chi connectivity index (χ3n) is 5.56. The van der Waals surface area contributed by atoms with Crippen LogP contribution in [0.15, 0.2) is 65.7 Å². The molecule has 0 aliphatic heterocycles. The average Bonchev–Trinajstić information content (AvgIpc) is 3.28. The number of ether oxygens (including phenoxy) is 2. The van der Waals surface area contributed by atoms with Gasteiger partial charge < -0.3 is 14.5 Å². The molecule has 0 aliphatic carbocycles. The molecule has 0 bridgehead atoms. The number of esters is 1. The summed E-state index contributed by atoms with van der Waals surface area (Å²) >= 11 is 1.53. The van der Waals surface area contributed by atoms with Gasteiger partial charge in [-0.1, -0.05) is 68.7 Å². The number of methoxy groups -OCH3 is 1. The van der Waals surface area contributed by atoms with Crippen molar-refractivity contribution < 1.29 is 14.3 Å². The Morgan fingerprint density at radius 3 is 2.30 bits per heavy atom. The average molecular weight is 521 g/mol. The highest BCUT2D eigenvalue weighted by Gasteiger charge is 2.19. The van der Waals surface area contributed by atoms with Crippen molar-refractivity contribution >= 4 is 27.5 Å². The summed E-state index contributed by atoms with van der Waals surface area (Å²) in [6.45, 7) is 7.86. The lowest BCUT2D eigenvalue weighted by Gasteiger charge is -2.19. The van der Waals surface area contributed by atoms with Crippen LogP contribution in [-0.4, -0.2) is 28.6 Å². The number of nitrogens with zero attached hydrogens (tertiary/aromatic N) is 1. The van der Waals surface area contributed by atoms with Gasteiger partial charge in [0.1, 0.15) is 16.2 Å². The van der Waals surface area contributed by atoms with Crippen LogP contribution in [0.2, 0.25) is 0 Å². The number of hydrogen-bond acceptors (Lipinski definition) is 6. The number of carbonyl (C=O) groups excluding carboxylic acids is 1. The van der Waals surface area contributed by atoms with Gasteiger partial charge in [-0.2, -0.15) is 0 Å². The Labute approximate surface area is 222 Å². The monoisotopic (exact) mass is 520 g/mol. The number of rotatable bonds is 8. The summed E-state index contributed by atoms with van der Waals surface area (Å²) in [5.41, 5.74) is 2.51. The molecule has 0 spiro atoms. The topological polar surface area (TPSA) is 81.3 Å². The molecule has 2 aromatic heterocycles. The molecule has 0 atom stereocenters.